The van der Waals surface area contributed by atoms with Gasteiger partial charge in [0.25, 0.3) is 11.1 Å². The molecule has 8 heteroatoms. The summed E-state index contributed by atoms with van der Waals surface area (Å²) in [6.45, 7) is 0.267. The lowest BCUT2D eigenvalue weighted by molar-refractivity contribution is -0.123. The van der Waals surface area contributed by atoms with Gasteiger partial charge in [0.1, 0.15) is 5.75 Å². The van der Waals surface area contributed by atoms with Crippen molar-refractivity contribution < 1.29 is 14.7 Å². The fraction of sp³-hybridized carbons (Fsp3) is 0.0588. The highest BCUT2D eigenvalue weighted by molar-refractivity contribution is 14.1. The fourth-order valence-electron chi connectivity index (χ4n) is 2.23. The maximum atomic E-state index is 12.6. The third-order valence-corrected chi connectivity index (χ3v) is 6.74. The van der Waals surface area contributed by atoms with Crippen LogP contribution in [0.15, 0.2) is 41.3 Å². The molecule has 3 rings (SSSR count). The van der Waals surface area contributed by atoms with Gasteiger partial charge in [-0.3, -0.25) is 14.5 Å². The van der Waals surface area contributed by atoms with Crippen LogP contribution in [0.25, 0.3) is 6.08 Å². The number of hydrogen-bond acceptors (Lipinski definition) is 4. The summed E-state index contributed by atoms with van der Waals surface area (Å²) in [7, 11) is 0. The zero-order valence-electron chi connectivity index (χ0n) is 12.5. The minimum Gasteiger partial charge on any atom is -0.506 e. The van der Waals surface area contributed by atoms with Crippen molar-refractivity contribution in [1.82, 2.24) is 4.90 Å². The highest BCUT2D eigenvalue weighted by atomic mass is 127. The Bertz CT molecular complexity index is 874. The summed E-state index contributed by atoms with van der Waals surface area (Å²) in [5.74, 6) is -0.0585. The SMILES string of the molecule is O=C1S/C(=C\c2cc(I)c(O)c(I)c2)C(=O)N1Cc1ccc(I)cc1. The molecule has 0 radical (unpaired) electrons. The number of carbonyl (C=O) groups excluding carboxylic acids is 2. The van der Waals surface area contributed by atoms with Gasteiger partial charge in [0, 0.05) is 3.57 Å². The number of nitrogens with zero attached hydrogens (tertiary/aromatic N) is 1. The van der Waals surface area contributed by atoms with Gasteiger partial charge in [0.05, 0.1) is 18.6 Å². The standard InChI is InChI=1S/C17H10I3NO3S/c18-11-3-1-9(2-4-11)8-21-16(23)14(25-17(21)24)7-10-5-12(19)15(22)13(20)6-10/h1-7,22H,8H2/b14-7-. The number of aromatic hydroxyl groups is 1. The summed E-state index contributed by atoms with van der Waals surface area (Å²) >= 11 is 7.24. The molecule has 1 saturated heterocycles. The number of benzene rings is 2. The second-order valence-electron chi connectivity index (χ2n) is 5.23. The van der Waals surface area contributed by atoms with Crippen LogP contribution in [0.2, 0.25) is 0 Å². The van der Waals surface area contributed by atoms with Crippen molar-refractivity contribution in [3.8, 4) is 5.75 Å². The number of amides is 2. The third-order valence-electron chi connectivity index (χ3n) is 3.46. The van der Waals surface area contributed by atoms with Gasteiger partial charge in [-0.2, -0.15) is 0 Å². The van der Waals surface area contributed by atoms with Gasteiger partial charge in [-0.15, -0.1) is 0 Å². The number of hydrogen-bond donors (Lipinski definition) is 1. The summed E-state index contributed by atoms with van der Waals surface area (Å²) < 4.78 is 2.51. The lowest BCUT2D eigenvalue weighted by atomic mass is 10.2. The largest absolute Gasteiger partial charge is 0.506 e. The van der Waals surface area contributed by atoms with Crippen LogP contribution in [0, 0.1) is 10.7 Å². The highest BCUT2D eigenvalue weighted by Gasteiger charge is 2.35. The molecule has 1 aliphatic heterocycles. The number of phenols is 1. The molecule has 0 saturated carbocycles. The van der Waals surface area contributed by atoms with Gasteiger partial charge in [0.2, 0.25) is 0 Å². The summed E-state index contributed by atoms with van der Waals surface area (Å²) in [4.78, 5) is 26.5. The normalized spacial score (nSPS) is 16.1. The second kappa shape index (κ2) is 8.13. The van der Waals surface area contributed by atoms with Crippen LogP contribution in [0.5, 0.6) is 5.75 Å². The molecule has 0 spiro atoms. The monoisotopic (exact) mass is 689 g/mol. The summed E-state index contributed by atoms with van der Waals surface area (Å²) in [6, 6.07) is 11.3. The van der Waals surface area contributed by atoms with E-state index in [1.807, 2.05) is 69.4 Å². The van der Waals surface area contributed by atoms with E-state index in [4.69, 9.17) is 0 Å². The molecule has 0 aliphatic carbocycles. The van der Waals surface area contributed by atoms with E-state index < -0.39 is 0 Å². The Kier molecular flexibility index (Phi) is 6.31. The van der Waals surface area contributed by atoms with Crippen molar-refractivity contribution in [3.05, 3.63) is 63.1 Å². The first-order chi connectivity index (χ1) is 11.8. The minimum absolute atomic E-state index is 0.227. The number of thioether (sulfide) groups is 1. The van der Waals surface area contributed by atoms with Crippen LogP contribution in [0.3, 0.4) is 0 Å². The van der Waals surface area contributed by atoms with E-state index in [0.717, 1.165) is 26.5 Å². The molecule has 2 aromatic carbocycles. The van der Waals surface area contributed by atoms with Crippen LogP contribution in [0.1, 0.15) is 11.1 Å². The Labute approximate surface area is 189 Å². The molecule has 0 atom stereocenters. The van der Waals surface area contributed by atoms with Crippen LogP contribution < -0.4 is 0 Å². The molecule has 128 valence electrons. The first kappa shape index (κ1) is 19.4. The molecule has 2 amide bonds. The Balaban J connectivity index is 1.84. The maximum absolute atomic E-state index is 12.6. The zero-order chi connectivity index (χ0) is 18.1. The molecule has 0 bridgehead atoms. The van der Waals surface area contributed by atoms with Gasteiger partial charge in [-0.1, -0.05) is 12.1 Å². The fourth-order valence-corrected chi connectivity index (χ4v) is 5.24. The minimum atomic E-state index is -0.286. The lowest BCUT2D eigenvalue weighted by Gasteiger charge is -2.12. The number of rotatable bonds is 3. The first-order valence-corrected chi connectivity index (χ1v) is 11.1. The Morgan fingerprint density at radius 3 is 2.24 bits per heavy atom. The van der Waals surface area contributed by atoms with Crippen LogP contribution in [0.4, 0.5) is 4.79 Å². The predicted octanol–water partition coefficient (Wildman–Crippen LogP) is 5.44. The van der Waals surface area contributed by atoms with E-state index in [1.165, 1.54) is 4.90 Å². The second-order valence-corrected chi connectivity index (χ2v) is 9.79. The molecular weight excluding hydrogens is 679 g/mol. The van der Waals surface area contributed by atoms with E-state index in [2.05, 4.69) is 22.6 Å². The maximum Gasteiger partial charge on any atom is 0.293 e. The van der Waals surface area contributed by atoms with E-state index in [1.54, 1.807) is 18.2 Å². The molecule has 0 unspecified atom stereocenters. The highest BCUT2D eigenvalue weighted by Crippen LogP contribution is 2.35. The smallest absolute Gasteiger partial charge is 0.293 e. The molecule has 0 aromatic heterocycles. The molecule has 1 aliphatic rings. The topological polar surface area (TPSA) is 57.6 Å². The molecular formula is C17H10I3NO3S. The first-order valence-electron chi connectivity index (χ1n) is 7.03. The molecule has 2 aromatic rings. The van der Waals surface area contributed by atoms with Gasteiger partial charge < -0.3 is 5.11 Å². The molecule has 1 fully saturated rings. The summed E-state index contributed by atoms with van der Waals surface area (Å²) in [5, 5.41) is 9.57. The van der Waals surface area contributed by atoms with Gasteiger partial charge in [0.15, 0.2) is 0 Å². The summed E-state index contributed by atoms with van der Waals surface area (Å²) in [6.07, 6.45) is 1.70. The van der Waals surface area contributed by atoms with E-state index in [-0.39, 0.29) is 23.4 Å². The number of imide groups is 1. The Hall–Kier alpha value is -0.340. The number of phenolic OH excluding ortho intramolecular Hbond substituents is 1. The van der Waals surface area contributed by atoms with Crippen molar-refractivity contribution in [2.75, 3.05) is 0 Å². The van der Waals surface area contributed by atoms with Gasteiger partial charge >= 0.3 is 0 Å². The van der Waals surface area contributed by atoms with Crippen molar-refractivity contribution in [1.29, 1.82) is 0 Å². The van der Waals surface area contributed by atoms with Crippen molar-refractivity contribution in [2.45, 2.75) is 6.54 Å². The van der Waals surface area contributed by atoms with E-state index in [0.29, 0.717) is 12.0 Å². The predicted molar refractivity (Wildman–Crippen MR) is 124 cm³/mol. The van der Waals surface area contributed by atoms with E-state index >= 15 is 0 Å². The molecule has 4 nitrogen and oxygen atoms in total. The lowest BCUT2D eigenvalue weighted by Crippen LogP contribution is -2.27. The average molecular weight is 689 g/mol. The quantitative estimate of drug-likeness (QED) is 0.345. The van der Waals surface area contributed by atoms with Crippen LogP contribution in [-0.4, -0.2) is 21.2 Å². The van der Waals surface area contributed by atoms with Crippen molar-refractivity contribution in [2.24, 2.45) is 0 Å². The molecule has 1 heterocycles. The van der Waals surface area contributed by atoms with Gasteiger partial charge in [-0.25, -0.2) is 0 Å². The Morgan fingerprint density at radius 2 is 1.64 bits per heavy atom. The van der Waals surface area contributed by atoms with Crippen LogP contribution in [-0.2, 0) is 11.3 Å². The third kappa shape index (κ3) is 4.50. The zero-order valence-corrected chi connectivity index (χ0v) is 19.8. The molecule has 25 heavy (non-hydrogen) atoms. The molecule has 1 N–H and O–H groups in total. The van der Waals surface area contributed by atoms with Gasteiger partial charge in [-0.05, 0) is 121 Å². The number of carbonyl (C=O) groups is 2. The van der Waals surface area contributed by atoms with Crippen molar-refractivity contribution in [3.63, 3.8) is 0 Å². The summed E-state index contributed by atoms with van der Waals surface area (Å²) in [5.41, 5.74) is 1.70. The Morgan fingerprint density at radius 1 is 1.04 bits per heavy atom. The number of halogens is 3. The van der Waals surface area contributed by atoms with E-state index in [9.17, 15) is 14.7 Å². The average Bonchev–Trinajstić information content (AvgIpc) is 2.82. The van der Waals surface area contributed by atoms with Crippen molar-refractivity contribution >= 4 is 96.8 Å². The van der Waals surface area contributed by atoms with Crippen LogP contribution >= 0.6 is 79.5 Å².